The van der Waals surface area contributed by atoms with Gasteiger partial charge in [0, 0.05) is 24.3 Å². The topological polar surface area (TPSA) is 41.1 Å². The Hall–Kier alpha value is -2.21. The van der Waals surface area contributed by atoms with Crippen LogP contribution in [0, 0.1) is 6.92 Å². The SMILES string of the molecule is Cc1ccccc1NCCC(=O)Nc1ccc(Cl)c(C(F)(F)F)c1. The van der Waals surface area contributed by atoms with Crippen molar-refractivity contribution in [2.75, 3.05) is 17.2 Å². The van der Waals surface area contributed by atoms with Crippen LogP contribution in [-0.4, -0.2) is 12.5 Å². The Morgan fingerprint density at radius 2 is 1.88 bits per heavy atom. The molecule has 2 N–H and O–H groups in total. The number of carbonyl (C=O) groups excluding carboxylic acids is 1. The Morgan fingerprint density at radius 1 is 1.17 bits per heavy atom. The Morgan fingerprint density at radius 3 is 2.54 bits per heavy atom. The van der Waals surface area contributed by atoms with Crippen molar-refractivity contribution in [3.63, 3.8) is 0 Å². The molecule has 0 saturated carbocycles. The number of anilines is 2. The second kappa shape index (κ2) is 7.57. The molecular weight excluding hydrogens is 341 g/mol. The van der Waals surface area contributed by atoms with E-state index in [9.17, 15) is 18.0 Å². The maximum atomic E-state index is 12.8. The summed E-state index contributed by atoms with van der Waals surface area (Å²) in [5.41, 5.74) is 1.05. The number of para-hydroxylation sites is 1. The van der Waals surface area contributed by atoms with E-state index in [4.69, 9.17) is 11.6 Å². The van der Waals surface area contributed by atoms with Gasteiger partial charge in [0.25, 0.3) is 0 Å². The highest BCUT2D eigenvalue weighted by atomic mass is 35.5. The fourth-order valence-electron chi connectivity index (χ4n) is 2.13. The summed E-state index contributed by atoms with van der Waals surface area (Å²) < 4.78 is 38.4. The van der Waals surface area contributed by atoms with Gasteiger partial charge in [-0.25, -0.2) is 0 Å². The molecule has 0 spiro atoms. The summed E-state index contributed by atoms with van der Waals surface area (Å²) >= 11 is 5.54. The number of hydrogen-bond acceptors (Lipinski definition) is 2. The lowest BCUT2D eigenvalue weighted by molar-refractivity contribution is -0.137. The average Bonchev–Trinajstić information content (AvgIpc) is 2.50. The van der Waals surface area contributed by atoms with Gasteiger partial charge < -0.3 is 10.6 Å². The van der Waals surface area contributed by atoms with Crippen LogP contribution in [-0.2, 0) is 11.0 Å². The second-order valence-electron chi connectivity index (χ2n) is 5.23. The van der Waals surface area contributed by atoms with Crippen LogP contribution in [0.4, 0.5) is 24.5 Å². The molecule has 0 bridgehead atoms. The van der Waals surface area contributed by atoms with E-state index in [-0.39, 0.29) is 18.0 Å². The van der Waals surface area contributed by atoms with Crippen LogP contribution >= 0.6 is 11.6 Å². The number of rotatable bonds is 5. The van der Waals surface area contributed by atoms with Gasteiger partial charge in [-0.1, -0.05) is 29.8 Å². The van der Waals surface area contributed by atoms with Crippen LogP contribution in [0.3, 0.4) is 0 Å². The lowest BCUT2D eigenvalue weighted by Crippen LogP contribution is -2.17. The van der Waals surface area contributed by atoms with E-state index >= 15 is 0 Å². The molecule has 0 aromatic heterocycles. The van der Waals surface area contributed by atoms with E-state index in [1.165, 1.54) is 6.07 Å². The lowest BCUT2D eigenvalue weighted by atomic mass is 10.2. The molecule has 1 amide bonds. The van der Waals surface area contributed by atoms with E-state index in [0.717, 1.165) is 23.4 Å². The first-order chi connectivity index (χ1) is 11.3. The van der Waals surface area contributed by atoms with Crippen LogP contribution in [0.5, 0.6) is 0 Å². The number of aryl methyl sites for hydroxylation is 1. The quantitative estimate of drug-likeness (QED) is 0.781. The third-order valence-corrected chi connectivity index (χ3v) is 3.70. The average molecular weight is 357 g/mol. The molecule has 0 heterocycles. The summed E-state index contributed by atoms with van der Waals surface area (Å²) in [6, 6.07) is 10.9. The van der Waals surface area contributed by atoms with Crippen LogP contribution in [0.1, 0.15) is 17.5 Å². The molecule has 2 aromatic carbocycles. The molecule has 2 rings (SSSR count). The largest absolute Gasteiger partial charge is 0.417 e. The Balaban J connectivity index is 1.92. The molecule has 0 saturated heterocycles. The van der Waals surface area contributed by atoms with Crippen molar-refractivity contribution in [2.45, 2.75) is 19.5 Å². The molecule has 24 heavy (non-hydrogen) atoms. The molecule has 0 radical (unpaired) electrons. The van der Waals surface area contributed by atoms with Crippen LogP contribution < -0.4 is 10.6 Å². The summed E-state index contributed by atoms with van der Waals surface area (Å²) in [5.74, 6) is -0.383. The van der Waals surface area contributed by atoms with Crippen LogP contribution in [0.15, 0.2) is 42.5 Å². The molecule has 128 valence electrons. The van der Waals surface area contributed by atoms with Gasteiger partial charge in [-0.2, -0.15) is 13.2 Å². The molecule has 0 atom stereocenters. The van der Waals surface area contributed by atoms with Crippen molar-refractivity contribution in [1.29, 1.82) is 0 Å². The van der Waals surface area contributed by atoms with Gasteiger partial charge in [0.05, 0.1) is 10.6 Å². The van der Waals surface area contributed by atoms with Crippen molar-refractivity contribution in [2.24, 2.45) is 0 Å². The number of amides is 1. The van der Waals surface area contributed by atoms with Gasteiger partial charge >= 0.3 is 6.18 Å². The molecule has 0 aliphatic carbocycles. The smallest absolute Gasteiger partial charge is 0.384 e. The van der Waals surface area contributed by atoms with Gasteiger partial charge in [-0.15, -0.1) is 0 Å². The Labute approximate surface area is 142 Å². The van der Waals surface area contributed by atoms with Crippen molar-refractivity contribution < 1.29 is 18.0 Å². The minimum atomic E-state index is -4.57. The fraction of sp³-hybridized carbons (Fsp3) is 0.235. The highest BCUT2D eigenvalue weighted by Gasteiger charge is 2.33. The number of hydrogen-bond donors (Lipinski definition) is 2. The maximum absolute atomic E-state index is 12.8. The van der Waals surface area contributed by atoms with Crippen LogP contribution in [0.25, 0.3) is 0 Å². The third-order valence-electron chi connectivity index (χ3n) is 3.37. The predicted molar refractivity (Wildman–Crippen MR) is 89.4 cm³/mol. The molecule has 2 aromatic rings. The van der Waals surface area contributed by atoms with Gasteiger partial charge in [0.2, 0.25) is 5.91 Å². The van der Waals surface area contributed by atoms with Crippen molar-refractivity contribution in [3.8, 4) is 0 Å². The van der Waals surface area contributed by atoms with E-state index in [0.29, 0.717) is 6.54 Å². The highest BCUT2D eigenvalue weighted by Crippen LogP contribution is 2.36. The zero-order valence-electron chi connectivity index (χ0n) is 12.9. The van der Waals surface area contributed by atoms with E-state index in [1.54, 1.807) is 0 Å². The Kier molecular flexibility index (Phi) is 5.72. The summed E-state index contributed by atoms with van der Waals surface area (Å²) in [6.07, 6.45) is -4.44. The minimum absolute atomic E-state index is 0.0626. The summed E-state index contributed by atoms with van der Waals surface area (Å²) in [6.45, 7) is 2.31. The first kappa shape index (κ1) is 18.1. The summed E-state index contributed by atoms with van der Waals surface area (Å²) in [7, 11) is 0. The van der Waals surface area contributed by atoms with E-state index in [2.05, 4.69) is 10.6 Å². The number of halogens is 4. The summed E-state index contributed by atoms with van der Waals surface area (Å²) in [4.78, 5) is 11.9. The monoisotopic (exact) mass is 356 g/mol. The minimum Gasteiger partial charge on any atom is -0.384 e. The highest BCUT2D eigenvalue weighted by molar-refractivity contribution is 6.31. The van der Waals surface area contributed by atoms with E-state index < -0.39 is 16.8 Å². The van der Waals surface area contributed by atoms with E-state index in [1.807, 2.05) is 31.2 Å². The second-order valence-corrected chi connectivity index (χ2v) is 5.64. The zero-order valence-corrected chi connectivity index (χ0v) is 13.6. The summed E-state index contributed by atoms with van der Waals surface area (Å²) in [5, 5.41) is 5.16. The van der Waals surface area contributed by atoms with Gasteiger partial charge in [0.15, 0.2) is 0 Å². The van der Waals surface area contributed by atoms with Crippen molar-refractivity contribution in [3.05, 3.63) is 58.6 Å². The number of benzene rings is 2. The normalized spacial score (nSPS) is 11.2. The first-order valence-corrected chi connectivity index (χ1v) is 7.61. The lowest BCUT2D eigenvalue weighted by Gasteiger charge is -2.12. The molecule has 3 nitrogen and oxygen atoms in total. The maximum Gasteiger partial charge on any atom is 0.417 e. The van der Waals surface area contributed by atoms with Crippen LogP contribution in [0.2, 0.25) is 5.02 Å². The predicted octanol–water partition coefficient (Wildman–Crippen LogP) is 5.11. The molecule has 0 aliphatic rings. The number of alkyl halides is 3. The third kappa shape index (κ3) is 4.89. The van der Waals surface area contributed by atoms with Gasteiger partial charge in [0.1, 0.15) is 0 Å². The zero-order chi connectivity index (χ0) is 17.7. The van der Waals surface area contributed by atoms with Gasteiger partial charge in [-0.3, -0.25) is 4.79 Å². The number of carbonyl (C=O) groups is 1. The number of nitrogens with one attached hydrogen (secondary N) is 2. The standard InChI is InChI=1S/C17H16ClF3N2O/c1-11-4-2-3-5-15(11)22-9-8-16(24)23-12-6-7-14(18)13(10-12)17(19,20)21/h2-7,10,22H,8-9H2,1H3,(H,23,24). The first-order valence-electron chi connectivity index (χ1n) is 7.23. The molecular formula is C17H16ClF3N2O. The molecule has 7 heteroatoms. The van der Waals surface area contributed by atoms with Crippen molar-refractivity contribution in [1.82, 2.24) is 0 Å². The fourth-order valence-corrected chi connectivity index (χ4v) is 2.35. The Bertz CT molecular complexity index is 732. The van der Waals surface area contributed by atoms with Gasteiger partial charge in [-0.05, 0) is 36.8 Å². The molecule has 0 fully saturated rings. The molecule has 0 aliphatic heterocycles. The molecule has 0 unspecified atom stereocenters. The van der Waals surface area contributed by atoms with Crippen molar-refractivity contribution >= 4 is 28.9 Å².